The van der Waals surface area contributed by atoms with Crippen LogP contribution in [0.5, 0.6) is 5.75 Å². The Morgan fingerprint density at radius 1 is 1.23 bits per heavy atom. The minimum atomic E-state index is -3.00. The smallest absolute Gasteiger partial charge is 0.273 e. The summed E-state index contributed by atoms with van der Waals surface area (Å²) < 4.78 is 38.0. The van der Waals surface area contributed by atoms with Crippen LogP contribution in [-0.4, -0.2) is 61.0 Å². The van der Waals surface area contributed by atoms with Crippen molar-refractivity contribution in [3.8, 4) is 5.75 Å². The van der Waals surface area contributed by atoms with Gasteiger partial charge in [-0.1, -0.05) is 36.4 Å². The van der Waals surface area contributed by atoms with E-state index >= 15 is 0 Å². The van der Waals surface area contributed by atoms with E-state index in [1.165, 1.54) is 12.1 Å². The van der Waals surface area contributed by atoms with Crippen molar-refractivity contribution in [3.63, 3.8) is 0 Å². The number of nitrogens with zero attached hydrogens (tertiary/aromatic N) is 2. The molecule has 2 aromatic rings. The molecule has 2 aliphatic rings. The van der Waals surface area contributed by atoms with Gasteiger partial charge in [-0.05, 0) is 23.3 Å². The number of carbonyl (C=O) groups excluding carboxylic acids is 2. The minimum absolute atomic E-state index is 0.0242. The molecule has 3 atom stereocenters. The number of nitrogens with one attached hydrogen (secondary N) is 1. The maximum absolute atomic E-state index is 13.9. The number of primary amides is 1. The summed E-state index contributed by atoms with van der Waals surface area (Å²) >= 11 is 0. The molecule has 4 rings (SSSR count). The van der Waals surface area contributed by atoms with Gasteiger partial charge in [0.2, 0.25) is 5.91 Å². The predicted octanol–water partition coefficient (Wildman–Crippen LogP) is 1.46. The molecular weight excluding hydrogens is 460 g/mol. The lowest BCUT2D eigenvalue weighted by Crippen LogP contribution is -2.54. The second-order valence-corrected chi connectivity index (χ2v) is 8.54. The first kappa shape index (κ1) is 24.6. The van der Waals surface area contributed by atoms with E-state index in [-0.39, 0.29) is 19.1 Å². The van der Waals surface area contributed by atoms with E-state index in [1.54, 1.807) is 48.5 Å². The highest BCUT2D eigenvalue weighted by Gasteiger charge is 2.47. The summed E-state index contributed by atoms with van der Waals surface area (Å²) in [7, 11) is 1.50. The highest BCUT2D eigenvalue weighted by molar-refractivity contribution is 6.14. The molecule has 1 saturated heterocycles. The fourth-order valence-electron chi connectivity index (χ4n) is 4.31. The number of benzene rings is 2. The Labute approximate surface area is 201 Å². The Hall–Kier alpha value is -3.57. The molecule has 0 radical (unpaired) electrons. The molecule has 11 heteroatoms. The first-order chi connectivity index (χ1) is 16.7. The SMILES string of the molecule is COc1ccccc1C(=O)NCc1ccc(C2=NN(C3COCC(F)(F)C3)C(N)C2C(N)=O)cc1. The van der Waals surface area contributed by atoms with Crippen LogP contribution < -0.4 is 21.5 Å². The molecule has 5 N–H and O–H groups in total. The molecule has 9 nitrogen and oxygen atoms in total. The van der Waals surface area contributed by atoms with Crippen LogP contribution in [-0.2, 0) is 16.1 Å². The Morgan fingerprint density at radius 3 is 2.60 bits per heavy atom. The van der Waals surface area contributed by atoms with Crippen LogP contribution >= 0.6 is 0 Å². The van der Waals surface area contributed by atoms with E-state index in [2.05, 4.69) is 10.4 Å². The number of carbonyl (C=O) groups is 2. The third-order valence-corrected chi connectivity index (χ3v) is 6.06. The van der Waals surface area contributed by atoms with Gasteiger partial charge in [0.15, 0.2) is 0 Å². The molecule has 3 unspecified atom stereocenters. The van der Waals surface area contributed by atoms with Crippen LogP contribution in [0, 0.1) is 5.92 Å². The Balaban J connectivity index is 1.48. The van der Waals surface area contributed by atoms with E-state index in [0.29, 0.717) is 22.6 Å². The molecule has 1 fully saturated rings. The van der Waals surface area contributed by atoms with E-state index in [9.17, 15) is 18.4 Å². The van der Waals surface area contributed by atoms with Gasteiger partial charge in [0.25, 0.3) is 11.8 Å². The zero-order valence-corrected chi connectivity index (χ0v) is 19.1. The van der Waals surface area contributed by atoms with E-state index in [0.717, 1.165) is 5.56 Å². The summed E-state index contributed by atoms with van der Waals surface area (Å²) in [5, 5.41) is 8.56. The molecule has 186 valence electrons. The zero-order chi connectivity index (χ0) is 25.2. The van der Waals surface area contributed by atoms with Gasteiger partial charge in [0.1, 0.15) is 24.4 Å². The first-order valence-corrected chi connectivity index (χ1v) is 11.1. The number of hydrazone groups is 1. The van der Waals surface area contributed by atoms with Gasteiger partial charge in [-0.25, -0.2) is 8.78 Å². The Bertz CT molecular complexity index is 1130. The molecule has 35 heavy (non-hydrogen) atoms. The number of rotatable bonds is 7. The molecule has 2 heterocycles. The number of hydrogen-bond donors (Lipinski definition) is 3. The maximum atomic E-state index is 13.9. The van der Waals surface area contributed by atoms with Crippen LogP contribution in [0.25, 0.3) is 0 Å². The average Bonchev–Trinajstić information content (AvgIpc) is 3.19. The quantitative estimate of drug-likeness (QED) is 0.542. The fourth-order valence-corrected chi connectivity index (χ4v) is 4.31. The van der Waals surface area contributed by atoms with Crippen molar-refractivity contribution in [1.82, 2.24) is 10.3 Å². The molecule has 0 saturated carbocycles. The highest BCUT2D eigenvalue weighted by atomic mass is 19.3. The molecule has 2 aromatic carbocycles. The molecule has 0 spiro atoms. The number of para-hydroxylation sites is 1. The number of halogens is 2. The summed E-state index contributed by atoms with van der Waals surface area (Å²) in [6.07, 6.45) is -1.46. The molecular formula is C24H27F2N5O4. The fraction of sp³-hybridized carbons (Fsp3) is 0.375. The number of hydrogen-bond acceptors (Lipinski definition) is 7. The highest BCUT2D eigenvalue weighted by Crippen LogP contribution is 2.33. The van der Waals surface area contributed by atoms with Crippen LogP contribution in [0.4, 0.5) is 8.78 Å². The van der Waals surface area contributed by atoms with E-state index < -0.39 is 43.0 Å². The van der Waals surface area contributed by atoms with E-state index in [4.69, 9.17) is 20.9 Å². The lowest BCUT2D eigenvalue weighted by Gasteiger charge is -2.36. The average molecular weight is 488 g/mol. The normalized spacial score (nSPS) is 23.5. The summed E-state index contributed by atoms with van der Waals surface area (Å²) in [5.41, 5.74) is 13.9. The van der Waals surface area contributed by atoms with Gasteiger partial charge in [-0.2, -0.15) is 5.10 Å². The van der Waals surface area contributed by atoms with Gasteiger partial charge in [0, 0.05) is 13.0 Å². The number of ether oxygens (including phenoxy) is 2. The van der Waals surface area contributed by atoms with Crippen molar-refractivity contribution in [1.29, 1.82) is 0 Å². The first-order valence-electron chi connectivity index (χ1n) is 11.1. The standard InChI is InChI=1S/C24H27F2N5O4/c1-34-18-5-3-2-4-17(18)23(33)29-11-14-6-8-15(9-7-14)20-19(22(28)32)21(27)31(30-20)16-10-24(25,26)13-35-12-16/h2-9,16,19,21H,10-13,27H2,1H3,(H2,28,32)(H,29,33). The molecule has 2 amide bonds. The van der Waals surface area contributed by atoms with Crippen LogP contribution in [0.1, 0.15) is 27.9 Å². The molecule has 0 bridgehead atoms. The lowest BCUT2D eigenvalue weighted by molar-refractivity contribution is -0.147. The van der Waals surface area contributed by atoms with Gasteiger partial charge < -0.3 is 26.3 Å². The molecule has 0 aliphatic carbocycles. The number of nitrogens with two attached hydrogens (primary N) is 2. The van der Waals surface area contributed by atoms with Crippen molar-refractivity contribution in [2.24, 2.45) is 22.5 Å². The number of amides is 2. The number of methoxy groups -OCH3 is 1. The second kappa shape index (κ2) is 9.96. The van der Waals surface area contributed by atoms with Gasteiger partial charge >= 0.3 is 0 Å². The number of alkyl halides is 2. The molecule has 0 aromatic heterocycles. The van der Waals surface area contributed by atoms with Crippen molar-refractivity contribution < 1.29 is 27.8 Å². The topological polar surface area (TPSA) is 132 Å². The van der Waals surface area contributed by atoms with Gasteiger partial charge in [0.05, 0.1) is 31.0 Å². The minimum Gasteiger partial charge on any atom is -0.496 e. The maximum Gasteiger partial charge on any atom is 0.273 e. The zero-order valence-electron chi connectivity index (χ0n) is 19.1. The third-order valence-electron chi connectivity index (χ3n) is 6.06. The largest absolute Gasteiger partial charge is 0.496 e. The van der Waals surface area contributed by atoms with E-state index in [1.807, 2.05) is 0 Å². The lowest BCUT2D eigenvalue weighted by atomic mass is 9.93. The second-order valence-electron chi connectivity index (χ2n) is 8.54. The van der Waals surface area contributed by atoms with Crippen molar-refractivity contribution >= 4 is 17.5 Å². The Kier molecular flexibility index (Phi) is 6.99. The monoisotopic (exact) mass is 487 g/mol. The van der Waals surface area contributed by atoms with Crippen LogP contribution in [0.2, 0.25) is 0 Å². The summed E-state index contributed by atoms with van der Waals surface area (Å²) in [4.78, 5) is 24.7. The summed E-state index contributed by atoms with van der Waals surface area (Å²) in [6, 6.07) is 13.1. The Morgan fingerprint density at radius 2 is 1.94 bits per heavy atom. The summed E-state index contributed by atoms with van der Waals surface area (Å²) in [6.45, 7) is -0.378. The van der Waals surface area contributed by atoms with Crippen molar-refractivity contribution in [3.05, 3.63) is 65.2 Å². The van der Waals surface area contributed by atoms with Gasteiger partial charge in [-0.3, -0.25) is 14.6 Å². The van der Waals surface area contributed by atoms with Crippen molar-refractivity contribution in [2.75, 3.05) is 20.3 Å². The van der Waals surface area contributed by atoms with Crippen molar-refractivity contribution in [2.45, 2.75) is 31.1 Å². The third kappa shape index (κ3) is 5.25. The predicted molar refractivity (Wildman–Crippen MR) is 124 cm³/mol. The summed E-state index contributed by atoms with van der Waals surface area (Å²) in [5.74, 6) is -4.48. The van der Waals surface area contributed by atoms with Gasteiger partial charge in [-0.15, -0.1) is 0 Å². The van der Waals surface area contributed by atoms with Crippen LogP contribution in [0.3, 0.4) is 0 Å². The van der Waals surface area contributed by atoms with Crippen LogP contribution in [0.15, 0.2) is 53.6 Å². The molecule has 2 aliphatic heterocycles.